The zero-order chi connectivity index (χ0) is 21.8. The van der Waals surface area contributed by atoms with Crippen molar-refractivity contribution in [2.24, 2.45) is 22.4 Å². The highest BCUT2D eigenvalue weighted by atomic mass is 35.5. The number of hydrogen-bond donors (Lipinski definition) is 1. The van der Waals surface area contributed by atoms with Crippen molar-refractivity contribution >= 4 is 23.7 Å². The maximum Gasteiger partial charge on any atom is 0.244 e. The topological polar surface area (TPSA) is 59.9 Å². The van der Waals surface area contributed by atoms with Gasteiger partial charge in [0.1, 0.15) is 6.61 Å². The van der Waals surface area contributed by atoms with E-state index < -0.39 is 0 Å². The molecule has 0 aromatic heterocycles. The summed E-state index contributed by atoms with van der Waals surface area (Å²) in [6.07, 6.45) is 6.42. The van der Waals surface area contributed by atoms with Crippen LogP contribution in [0.1, 0.15) is 50.7 Å². The van der Waals surface area contributed by atoms with Crippen molar-refractivity contribution in [3.8, 4) is 11.5 Å². The Morgan fingerprint density at radius 2 is 2.00 bits per heavy atom. The molecule has 0 radical (unpaired) electrons. The second-order valence-electron chi connectivity index (χ2n) is 8.62. The van der Waals surface area contributed by atoms with E-state index >= 15 is 0 Å². The van der Waals surface area contributed by atoms with E-state index in [1.54, 1.807) is 6.21 Å². The molecule has 2 fully saturated rings. The lowest BCUT2D eigenvalue weighted by Crippen LogP contribution is -2.22. The number of hydrazone groups is 1. The number of amides is 1. The Kier molecular flexibility index (Phi) is 6.51. The van der Waals surface area contributed by atoms with E-state index in [-0.39, 0.29) is 17.2 Å². The Labute approximate surface area is 188 Å². The first-order valence-corrected chi connectivity index (χ1v) is 11.4. The first kappa shape index (κ1) is 21.7. The van der Waals surface area contributed by atoms with Gasteiger partial charge in [-0.15, -0.1) is 0 Å². The van der Waals surface area contributed by atoms with Crippen molar-refractivity contribution in [3.63, 3.8) is 0 Å². The third kappa shape index (κ3) is 4.87. The predicted octanol–water partition coefficient (Wildman–Crippen LogP) is 5.59. The standard InChI is InChI=1S/C25H29ClN2O3/c1-3-30-22-14-18(9-12-21(22)31-16-17-7-10-19(26)11-8-17)15-27-28-24(29)23-20-6-4-5-13-25(20,23)2/h7-12,14-15,20,23H,3-6,13,16H2,1-2H3,(H,28,29)/b27-15+/t20-,23+,25+/m1/s1. The summed E-state index contributed by atoms with van der Waals surface area (Å²) in [5.74, 6) is 1.98. The highest BCUT2D eigenvalue weighted by Gasteiger charge is 2.64. The van der Waals surface area contributed by atoms with Gasteiger partial charge in [-0.1, -0.05) is 43.5 Å². The van der Waals surface area contributed by atoms with Gasteiger partial charge in [0, 0.05) is 10.9 Å². The van der Waals surface area contributed by atoms with E-state index in [4.69, 9.17) is 21.1 Å². The van der Waals surface area contributed by atoms with Crippen LogP contribution in [0.4, 0.5) is 0 Å². The van der Waals surface area contributed by atoms with Gasteiger partial charge in [-0.3, -0.25) is 4.79 Å². The summed E-state index contributed by atoms with van der Waals surface area (Å²) in [5.41, 5.74) is 4.78. The van der Waals surface area contributed by atoms with Crippen LogP contribution in [0.15, 0.2) is 47.6 Å². The van der Waals surface area contributed by atoms with Gasteiger partial charge in [-0.05, 0) is 72.6 Å². The number of fused-ring (bicyclic) bond motifs is 1. The Morgan fingerprint density at radius 3 is 2.71 bits per heavy atom. The molecule has 2 saturated carbocycles. The molecular weight excluding hydrogens is 412 g/mol. The van der Waals surface area contributed by atoms with Crippen LogP contribution in [-0.2, 0) is 11.4 Å². The van der Waals surface area contributed by atoms with Crippen molar-refractivity contribution in [1.29, 1.82) is 0 Å². The fourth-order valence-electron chi connectivity index (χ4n) is 4.82. The molecule has 0 aliphatic heterocycles. The SMILES string of the molecule is CCOc1cc(/C=N/NC(=O)[C@@H]2[C@H]3CCCC[C@@]32C)ccc1OCc1ccc(Cl)cc1. The highest BCUT2D eigenvalue weighted by Crippen LogP contribution is 2.66. The second-order valence-corrected chi connectivity index (χ2v) is 9.06. The number of hydrogen-bond acceptors (Lipinski definition) is 4. The molecule has 2 aliphatic carbocycles. The van der Waals surface area contributed by atoms with Gasteiger partial charge >= 0.3 is 0 Å². The molecule has 0 unspecified atom stereocenters. The number of nitrogens with zero attached hydrogens (tertiary/aromatic N) is 1. The largest absolute Gasteiger partial charge is 0.490 e. The molecule has 0 heterocycles. The molecule has 2 aromatic rings. The van der Waals surface area contributed by atoms with Crippen molar-refractivity contribution in [2.45, 2.75) is 46.1 Å². The van der Waals surface area contributed by atoms with Gasteiger partial charge in [-0.25, -0.2) is 5.43 Å². The summed E-state index contributed by atoms with van der Waals surface area (Å²) in [5, 5.41) is 4.89. The monoisotopic (exact) mass is 440 g/mol. The first-order valence-electron chi connectivity index (χ1n) is 11.0. The van der Waals surface area contributed by atoms with Gasteiger partial charge < -0.3 is 9.47 Å². The van der Waals surface area contributed by atoms with Crippen LogP contribution in [0.2, 0.25) is 5.02 Å². The number of rotatable bonds is 8. The maximum absolute atomic E-state index is 12.6. The van der Waals surface area contributed by atoms with Crippen LogP contribution in [-0.4, -0.2) is 18.7 Å². The van der Waals surface area contributed by atoms with E-state index in [9.17, 15) is 4.79 Å². The predicted molar refractivity (Wildman–Crippen MR) is 123 cm³/mol. The summed E-state index contributed by atoms with van der Waals surface area (Å²) in [4.78, 5) is 12.6. The molecule has 164 valence electrons. The number of carbonyl (C=O) groups excluding carboxylic acids is 1. The molecule has 1 amide bonds. The van der Waals surface area contributed by atoms with Gasteiger partial charge in [0.25, 0.3) is 0 Å². The van der Waals surface area contributed by atoms with Gasteiger partial charge in [-0.2, -0.15) is 5.10 Å². The third-order valence-corrected chi connectivity index (χ3v) is 6.83. The molecule has 31 heavy (non-hydrogen) atoms. The van der Waals surface area contributed by atoms with Crippen LogP contribution >= 0.6 is 11.6 Å². The molecule has 0 spiro atoms. The minimum atomic E-state index is 0.0404. The van der Waals surface area contributed by atoms with Crippen LogP contribution in [0.3, 0.4) is 0 Å². The first-order chi connectivity index (χ1) is 15.0. The summed E-state index contributed by atoms with van der Waals surface area (Å²) in [6.45, 7) is 5.11. The molecule has 4 rings (SSSR count). The van der Waals surface area contributed by atoms with Crippen LogP contribution < -0.4 is 14.9 Å². The van der Waals surface area contributed by atoms with E-state index in [0.717, 1.165) is 24.0 Å². The van der Waals surface area contributed by atoms with Gasteiger partial charge in [0.15, 0.2) is 11.5 Å². The van der Waals surface area contributed by atoms with E-state index in [2.05, 4.69) is 17.5 Å². The molecule has 2 aliphatic rings. The Morgan fingerprint density at radius 1 is 1.19 bits per heavy atom. The minimum Gasteiger partial charge on any atom is -0.490 e. The molecule has 3 atom stereocenters. The average molecular weight is 441 g/mol. The van der Waals surface area contributed by atoms with Crippen LogP contribution in [0, 0.1) is 17.3 Å². The second kappa shape index (κ2) is 9.31. The number of carbonyl (C=O) groups is 1. The average Bonchev–Trinajstić information content (AvgIpc) is 3.40. The van der Waals surface area contributed by atoms with E-state index in [1.807, 2.05) is 49.4 Å². The number of benzene rings is 2. The zero-order valence-corrected chi connectivity index (χ0v) is 18.8. The third-order valence-electron chi connectivity index (χ3n) is 6.58. The Bertz CT molecular complexity index is 960. The van der Waals surface area contributed by atoms with E-state index in [1.165, 1.54) is 12.8 Å². The Hall–Kier alpha value is -2.53. The lowest BCUT2D eigenvalue weighted by atomic mass is 9.90. The maximum atomic E-state index is 12.6. The minimum absolute atomic E-state index is 0.0404. The number of halogens is 1. The smallest absolute Gasteiger partial charge is 0.244 e. The van der Waals surface area contributed by atoms with Gasteiger partial charge in [0.05, 0.1) is 12.8 Å². The van der Waals surface area contributed by atoms with Crippen LogP contribution in [0.25, 0.3) is 0 Å². The quantitative estimate of drug-likeness (QED) is 0.429. The number of nitrogens with one attached hydrogen (secondary N) is 1. The molecule has 0 bridgehead atoms. The van der Waals surface area contributed by atoms with E-state index in [0.29, 0.717) is 35.7 Å². The number of ether oxygens (including phenoxy) is 2. The van der Waals surface area contributed by atoms with Crippen molar-refractivity contribution in [1.82, 2.24) is 5.43 Å². The molecular formula is C25H29ClN2O3. The normalized spacial score (nSPS) is 24.5. The van der Waals surface area contributed by atoms with Gasteiger partial charge in [0.2, 0.25) is 5.91 Å². The Balaban J connectivity index is 1.36. The van der Waals surface area contributed by atoms with Crippen LogP contribution in [0.5, 0.6) is 11.5 Å². The summed E-state index contributed by atoms with van der Waals surface area (Å²) in [6, 6.07) is 13.2. The van der Waals surface area contributed by atoms with Crippen molar-refractivity contribution in [2.75, 3.05) is 6.61 Å². The fraction of sp³-hybridized carbons (Fsp3) is 0.440. The summed E-state index contributed by atoms with van der Waals surface area (Å²) >= 11 is 5.93. The summed E-state index contributed by atoms with van der Waals surface area (Å²) < 4.78 is 11.7. The zero-order valence-electron chi connectivity index (χ0n) is 18.1. The van der Waals surface area contributed by atoms with Crippen molar-refractivity contribution < 1.29 is 14.3 Å². The summed E-state index contributed by atoms with van der Waals surface area (Å²) in [7, 11) is 0. The fourth-order valence-corrected chi connectivity index (χ4v) is 4.95. The molecule has 2 aromatic carbocycles. The lowest BCUT2D eigenvalue weighted by molar-refractivity contribution is -0.123. The highest BCUT2D eigenvalue weighted by molar-refractivity contribution is 6.30. The molecule has 6 heteroatoms. The molecule has 1 N–H and O–H groups in total. The lowest BCUT2D eigenvalue weighted by Gasteiger charge is -2.15. The molecule has 5 nitrogen and oxygen atoms in total. The van der Waals surface area contributed by atoms with Crippen molar-refractivity contribution in [3.05, 3.63) is 58.6 Å². The molecule has 0 saturated heterocycles.